The van der Waals surface area contributed by atoms with Crippen molar-refractivity contribution in [2.45, 2.75) is 39.2 Å². The van der Waals surface area contributed by atoms with Crippen molar-refractivity contribution in [2.75, 3.05) is 19.7 Å². The number of hydrogen-bond acceptors (Lipinski definition) is 3. The molecular weight excluding hydrogens is 248 g/mol. The van der Waals surface area contributed by atoms with Crippen molar-refractivity contribution < 1.29 is 19.8 Å². The highest BCUT2D eigenvalue weighted by molar-refractivity contribution is 5.76. The zero-order valence-electron chi connectivity index (χ0n) is 11.6. The Morgan fingerprint density at radius 2 is 2.00 bits per heavy atom. The Morgan fingerprint density at radius 3 is 2.37 bits per heavy atom. The number of aliphatic carboxylic acids is 1. The van der Waals surface area contributed by atoms with Gasteiger partial charge in [0.2, 0.25) is 0 Å². The Morgan fingerprint density at radius 1 is 1.37 bits per heavy atom. The first-order chi connectivity index (χ1) is 8.97. The zero-order valence-corrected chi connectivity index (χ0v) is 11.6. The van der Waals surface area contributed by atoms with Gasteiger partial charge in [-0.15, -0.1) is 0 Å². The number of carboxylic acid groups (broad SMARTS) is 1. The van der Waals surface area contributed by atoms with Crippen LogP contribution >= 0.6 is 0 Å². The van der Waals surface area contributed by atoms with Crippen LogP contribution < -0.4 is 5.32 Å². The smallest absolute Gasteiger partial charge is 0.317 e. The highest BCUT2D eigenvalue weighted by Crippen LogP contribution is 2.24. The number of carbonyl (C=O) groups excluding carboxylic acids is 1. The lowest BCUT2D eigenvalue weighted by Gasteiger charge is -2.37. The molecule has 6 nitrogen and oxygen atoms in total. The molecule has 6 heteroatoms. The van der Waals surface area contributed by atoms with Crippen molar-refractivity contribution in [3.63, 3.8) is 0 Å². The monoisotopic (exact) mass is 272 g/mol. The van der Waals surface area contributed by atoms with Crippen LogP contribution in [0.5, 0.6) is 0 Å². The first-order valence-electron chi connectivity index (χ1n) is 6.85. The molecule has 1 aliphatic rings. The Hall–Kier alpha value is -1.30. The van der Waals surface area contributed by atoms with E-state index in [0.29, 0.717) is 6.54 Å². The van der Waals surface area contributed by atoms with Crippen LogP contribution in [0.3, 0.4) is 0 Å². The average Bonchev–Trinajstić information content (AvgIpc) is 2.25. The van der Waals surface area contributed by atoms with Crippen LogP contribution in [-0.2, 0) is 4.79 Å². The van der Waals surface area contributed by atoms with Crippen molar-refractivity contribution >= 4 is 12.0 Å². The number of rotatable bonds is 7. The number of nitrogens with one attached hydrogen (secondary N) is 1. The standard InChI is InChI=1S/C13H24N2O4/c1-9(2)11(12(17)18)8-14-13(19)15(6-7-16)10-4-3-5-10/h9-11,16H,3-8H2,1-2H3,(H,14,19)(H,17,18). The third-order valence-corrected chi connectivity index (χ3v) is 3.71. The van der Waals surface area contributed by atoms with Crippen LogP contribution in [0.15, 0.2) is 0 Å². The molecule has 1 saturated carbocycles. The molecule has 1 rings (SSSR count). The second-order valence-corrected chi connectivity index (χ2v) is 5.38. The predicted octanol–water partition coefficient (Wildman–Crippen LogP) is 0.900. The van der Waals surface area contributed by atoms with Crippen LogP contribution in [0.25, 0.3) is 0 Å². The van der Waals surface area contributed by atoms with Crippen LogP contribution in [0.1, 0.15) is 33.1 Å². The largest absolute Gasteiger partial charge is 0.481 e. The molecule has 19 heavy (non-hydrogen) atoms. The fourth-order valence-electron chi connectivity index (χ4n) is 2.16. The molecule has 110 valence electrons. The number of aliphatic hydroxyl groups is 1. The van der Waals surface area contributed by atoms with Gasteiger partial charge in [0.05, 0.1) is 12.5 Å². The van der Waals surface area contributed by atoms with Gasteiger partial charge in [-0.3, -0.25) is 4.79 Å². The van der Waals surface area contributed by atoms with Crippen LogP contribution in [0, 0.1) is 11.8 Å². The first-order valence-corrected chi connectivity index (χ1v) is 6.85. The molecule has 0 spiro atoms. The van der Waals surface area contributed by atoms with Gasteiger partial charge in [-0.25, -0.2) is 4.79 Å². The molecule has 0 aromatic rings. The van der Waals surface area contributed by atoms with Gasteiger partial charge >= 0.3 is 12.0 Å². The van der Waals surface area contributed by atoms with E-state index < -0.39 is 11.9 Å². The summed E-state index contributed by atoms with van der Waals surface area (Å²) >= 11 is 0. The molecule has 3 N–H and O–H groups in total. The molecule has 0 heterocycles. The van der Waals surface area contributed by atoms with Crippen molar-refractivity contribution in [2.24, 2.45) is 11.8 Å². The Bertz CT molecular complexity index is 316. The summed E-state index contributed by atoms with van der Waals surface area (Å²) in [6.45, 7) is 4.00. The van der Waals surface area contributed by atoms with E-state index >= 15 is 0 Å². The molecule has 0 aromatic carbocycles. The minimum Gasteiger partial charge on any atom is -0.481 e. The van der Waals surface area contributed by atoms with Crippen molar-refractivity contribution in [3.8, 4) is 0 Å². The first kappa shape index (κ1) is 15.8. The summed E-state index contributed by atoms with van der Waals surface area (Å²) in [5.74, 6) is -1.51. The Kier molecular flexibility index (Phi) is 6.08. The Balaban J connectivity index is 2.49. The number of hydrogen-bond donors (Lipinski definition) is 3. The van der Waals surface area contributed by atoms with Gasteiger partial charge < -0.3 is 20.4 Å². The van der Waals surface area contributed by atoms with Gasteiger partial charge in [-0.2, -0.15) is 0 Å². The molecule has 1 fully saturated rings. The van der Waals surface area contributed by atoms with E-state index in [4.69, 9.17) is 10.2 Å². The van der Waals surface area contributed by atoms with E-state index in [1.807, 2.05) is 13.8 Å². The number of carbonyl (C=O) groups is 2. The van der Waals surface area contributed by atoms with Gasteiger partial charge in [0.1, 0.15) is 0 Å². The molecule has 1 unspecified atom stereocenters. The summed E-state index contributed by atoms with van der Waals surface area (Å²) in [6, 6.07) is -0.0832. The molecule has 0 aliphatic heterocycles. The molecule has 1 aliphatic carbocycles. The van der Waals surface area contributed by atoms with Crippen molar-refractivity contribution in [3.05, 3.63) is 0 Å². The zero-order chi connectivity index (χ0) is 14.4. The number of amides is 2. The molecule has 0 bridgehead atoms. The Labute approximate surface area is 113 Å². The lowest BCUT2D eigenvalue weighted by atomic mass is 9.91. The van der Waals surface area contributed by atoms with Crippen molar-refractivity contribution in [1.82, 2.24) is 10.2 Å². The SMILES string of the molecule is CC(C)C(CNC(=O)N(CCO)C1CCC1)C(=O)O. The van der Waals surface area contributed by atoms with E-state index in [9.17, 15) is 9.59 Å². The fourth-order valence-corrected chi connectivity index (χ4v) is 2.16. The molecule has 0 saturated heterocycles. The number of urea groups is 1. The molecule has 2 amide bonds. The second-order valence-electron chi connectivity index (χ2n) is 5.38. The molecule has 0 radical (unpaired) electrons. The minimum atomic E-state index is -0.896. The second kappa shape index (κ2) is 7.33. The summed E-state index contributed by atoms with van der Waals surface area (Å²) < 4.78 is 0. The van der Waals surface area contributed by atoms with Gasteiger partial charge in [-0.05, 0) is 25.2 Å². The van der Waals surface area contributed by atoms with E-state index in [-0.39, 0.29) is 31.1 Å². The quantitative estimate of drug-likeness (QED) is 0.642. The summed E-state index contributed by atoms with van der Waals surface area (Å²) in [6.07, 6.45) is 3.02. The number of carboxylic acids is 1. The van der Waals surface area contributed by atoms with E-state index in [0.717, 1.165) is 19.3 Å². The van der Waals surface area contributed by atoms with Gasteiger partial charge in [0.25, 0.3) is 0 Å². The summed E-state index contributed by atoms with van der Waals surface area (Å²) in [5, 5.41) is 20.7. The van der Waals surface area contributed by atoms with Crippen molar-refractivity contribution in [1.29, 1.82) is 0 Å². The summed E-state index contributed by atoms with van der Waals surface area (Å²) in [5.41, 5.74) is 0. The highest BCUT2D eigenvalue weighted by Gasteiger charge is 2.29. The third kappa shape index (κ3) is 4.38. The predicted molar refractivity (Wildman–Crippen MR) is 70.8 cm³/mol. The summed E-state index contributed by atoms with van der Waals surface area (Å²) in [4.78, 5) is 24.7. The van der Waals surface area contributed by atoms with Gasteiger partial charge in [-0.1, -0.05) is 13.8 Å². The van der Waals surface area contributed by atoms with Gasteiger partial charge in [0, 0.05) is 19.1 Å². The minimum absolute atomic E-state index is 0.0344. The highest BCUT2D eigenvalue weighted by atomic mass is 16.4. The van der Waals surface area contributed by atoms with Crippen LogP contribution in [0.2, 0.25) is 0 Å². The molecule has 1 atom stereocenters. The average molecular weight is 272 g/mol. The molecular formula is C13H24N2O4. The van der Waals surface area contributed by atoms with E-state index in [1.165, 1.54) is 0 Å². The fraction of sp³-hybridized carbons (Fsp3) is 0.846. The maximum Gasteiger partial charge on any atom is 0.317 e. The lowest BCUT2D eigenvalue weighted by Crippen LogP contribution is -2.51. The maximum absolute atomic E-state index is 12.0. The van der Waals surface area contributed by atoms with E-state index in [2.05, 4.69) is 5.32 Å². The normalized spacial score (nSPS) is 16.8. The summed E-state index contributed by atoms with van der Waals surface area (Å²) in [7, 11) is 0. The third-order valence-electron chi connectivity index (χ3n) is 3.71. The topological polar surface area (TPSA) is 89.9 Å². The van der Waals surface area contributed by atoms with E-state index in [1.54, 1.807) is 4.90 Å². The van der Waals surface area contributed by atoms with Crippen LogP contribution in [0.4, 0.5) is 4.79 Å². The number of nitrogens with zero attached hydrogens (tertiary/aromatic N) is 1. The number of aliphatic hydroxyl groups excluding tert-OH is 1. The lowest BCUT2D eigenvalue weighted by molar-refractivity contribution is -0.142. The molecule has 0 aromatic heterocycles. The maximum atomic E-state index is 12.0. The van der Waals surface area contributed by atoms with Gasteiger partial charge in [0.15, 0.2) is 0 Å². The van der Waals surface area contributed by atoms with Crippen LogP contribution in [-0.4, -0.2) is 52.9 Å².